The fourth-order valence-corrected chi connectivity index (χ4v) is 4.70. The van der Waals surface area contributed by atoms with Crippen molar-refractivity contribution in [2.75, 3.05) is 11.1 Å². The number of halogens is 1. The van der Waals surface area contributed by atoms with Crippen LogP contribution in [0.1, 0.15) is 18.1 Å². The minimum Gasteiger partial charge on any atom is -0.464 e. The number of thioether (sulfide) groups is 1. The highest BCUT2D eigenvalue weighted by molar-refractivity contribution is 8.00. The maximum absolute atomic E-state index is 13.1. The Kier molecular flexibility index (Phi) is 6.59. The Balaban J connectivity index is 1.56. The largest absolute Gasteiger partial charge is 0.464 e. The summed E-state index contributed by atoms with van der Waals surface area (Å²) >= 11 is 2.26. The molecule has 0 spiro atoms. The molecule has 11 heteroatoms. The van der Waals surface area contributed by atoms with E-state index in [4.69, 9.17) is 10.2 Å². The van der Waals surface area contributed by atoms with Gasteiger partial charge >= 0.3 is 0 Å². The van der Waals surface area contributed by atoms with E-state index in [0.717, 1.165) is 17.3 Å². The van der Waals surface area contributed by atoms with Crippen LogP contribution in [-0.4, -0.2) is 21.1 Å². The molecule has 3 aromatic heterocycles. The van der Waals surface area contributed by atoms with Gasteiger partial charge in [0.2, 0.25) is 5.91 Å². The van der Waals surface area contributed by atoms with E-state index in [1.807, 2.05) is 6.07 Å². The number of carbonyl (C=O) groups excluding carboxylic acids is 1. The molecule has 0 aliphatic carbocycles. The van der Waals surface area contributed by atoms with Gasteiger partial charge in [-0.05, 0) is 43.3 Å². The summed E-state index contributed by atoms with van der Waals surface area (Å²) in [4.78, 5) is 21.4. The number of nitrogens with two attached hydrogens (primary N) is 1. The lowest BCUT2D eigenvalue weighted by atomic mass is 10.0. The molecule has 3 heterocycles. The lowest BCUT2D eigenvalue weighted by Crippen LogP contribution is -2.22. The summed E-state index contributed by atoms with van der Waals surface area (Å²) in [5, 5.41) is 23.7. The molecule has 1 atom stereocenters. The molecule has 4 aromatic rings. The van der Waals surface area contributed by atoms with Crippen LogP contribution in [0.25, 0.3) is 22.6 Å². The monoisotopic (exact) mass is 490 g/mol. The number of thiazole rings is 1. The summed E-state index contributed by atoms with van der Waals surface area (Å²) in [6.07, 6.45) is 1.42. The molecule has 0 saturated carbocycles. The Bertz CT molecular complexity index is 1440. The molecule has 1 aromatic carbocycles. The zero-order valence-corrected chi connectivity index (χ0v) is 19.2. The maximum Gasteiger partial charge on any atom is 0.239 e. The van der Waals surface area contributed by atoms with Gasteiger partial charge in [0.25, 0.3) is 0 Å². The minimum absolute atomic E-state index is 0.0315. The summed E-state index contributed by atoms with van der Waals surface area (Å²) in [6, 6.07) is 13.2. The van der Waals surface area contributed by atoms with Gasteiger partial charge < -0.3 is 15.5 Å². The second kappa shape index (κ2) is 9.75. The van der Waals surface area contributed by atoms with Crippen molar-refractivity contribution in [1.29, 1.82) is 10.5 Å². The van der Waals surface area contributed by atoms with Crippen LogP contribution in [0.15, 0.2) is 57.5 Å². The highest BCUT2D eigenvalue weighted by Crippen LogP contribution is 2.37. The fourth-order valence-electron chi connectivity index (χ4n) is 3.06. The summed E-state index contributed by atoms with van der Waals surface area (Å²) in [5.41, 5.74) is 7.67. The Morgan fingerprint density at radius 2 is 1.94 bits per heavy atom. The van der Waals surface area contributed by atoms with Crippen LogP contribution in [0.5, 0.6) is 0 Å². The van der Waals surface area contributed by atoms with E-state index in [1.54, 1.807) is 36.6 Å². The number of benzene rings is 1. The van der Waals surface area contributed by atoms with Crippen molar-refractivity contribution in [2.24, 2.45) is 0 Å². The number of pyridine rings is 1. The number of rotatable bonds is 6. The maximum atomic E-state index is 13.1. The molecular weight excluding hydrogens is 475 g/mol. The van der Waals surface area contributed by atoms with Crippen LogP contribution < -0.4 is 11.1 Å². The molecule has 8 nitrogen and oxygen atoms in total. The number of nitriles is 2. The van der Waals surface area contributed by atoms with Gasteiger partial charge in [0.15, 0.2) is 5.13 Å². The molecule has 0 aliphatic rings. The van der Waals surface area contributed by atoms with Crippen LogP contribution >= 0.6 is 23.1 Å². The molecule has 0 bridgehead atoms. The second-order valence-corrected chi connectivity index (χ2v) is 9.11. The molecule has 1 unspecified atom stereocenters. The van der Waals surface area contributed by atoms with E-state index in [1.165, 1.54) is 29.7 Å². The van der Waals surface area contributed by atoms with Crippen molar-refractivity contribution in [3.63, 3.8) is 0 Å². The van der Waals surface area contributed by atoms with E-state index in [2.05, 4.69) is 21.4 Å². The van der Waals surface area contributed by atoms with Crippen molar-refractivity contribution in [1.82, 2.24) is 9.97 Å². The van der Waals surface area contributed by atoms with Gasteiger partial charge in [-0.2, -0.15) is 10.5 Å². The normalized spacial score (nSPS) is 11.4. The third-order valence-corrected chi connectivity index (χ3v) is 6.56. The molecule has 0 fully saturated rings. The van der Waals surface area contributed by atoms with E-state index < -0.39 is 5.25 Å². The average Bonchev–Trinajstić information content (AvgIpc) is 3.51. The molecule has 34 heavy (non-hydrogen) atoms. The average molecular weight is 491 g/mol. The number of furan rings is 1. The third kappa shape index (κ3) is 4.62. The lowest BCUT2D eigenvalue weighted by Gasteiger charge is -2.14. The molecule has 0 aliphatic heterocycles. The van der Waals surface area contributed by atoms with Crippen LogP contribution in [0.3, 0.4) is 0 Å². The predicted octanol–water partition coefficient (Wildman–Crippen LogP) is 5.05. The van der Waals surface area contributed by atoms with Crippen LogP contribution in [-0.2, 0) is 4.79 Å². The number of aromatic nitrogens is 2. The number of nitrogens with zero attached hydrogens (tertiary/aromatic N) is 4. The van der Waals surface area contributed by atoms with Gasteiger partial charge in [-0.25, -0.2) is 14.4 Å². The van der Waals surface area contributed by atoms with Gasteiger partial charge in [-0.1, -0.05) is 11.8 Å². The van der Waals surface area contributed by atoms with Crippen LogP contribution in [0.4, 0.5) is 15.3 Å². The number of nitrogens with one attached hydrogen (secondary N) is 1. The molecule has 4 rings (SSSR count). The standard InChI is InChI=1S/C23H15FN6O2S2/c1-12(21(31)30-23-28-17(11-33-23)13-4-6-14(24)7-5-13)34-22-16(10-26)19(18-3-2-8-32-18)15(9-25)20(27)29-22/h2-8,11-12H,1H3,(H2,27,29)(H,28,30,31). The SMILES string of the molecule is CC(Sc1nc(N)c(C#N)c(-c2ccco2)c1C#N)C(=O)Nc1nc(-c2ccc(F)cc2)cs1. The molecule has 1 amide bonds. The first-order valence-electron chi connectivity index (χ1n) is 9.77. The predicted molar refractivity (Wildman–Crippen MR) is 127 cm³/mol. The Hall–Kier alpha value is -4.19. The third-order valence-electron chi connectivity index (χ3n) is 4.72. The summed E-state index contributed by atoms with van der Waals surface area (Å²) in [6.45, 7) is 1.65. The zero-order chi connectivity index (χ0) is 24.2. The van der Waals surface area contributed by atoms with Crippen molar-refractivity contribution in [3.05, 3.63) is 65.0 Å². The number of amides is 1. The topological polar surface area (TPSA) is 142 Å². The van der Waals surface area contributed by atoms with E-state index in [0.29, 0.717) is 16.6 Å². The molecular formula is C23H15FN6O2S2. The number of carbonyl (C=O) groups is 1. The van der Waals surface area contributed by atoms with E-state index in [-0.39, 0.29) is 39.3 Å². The van der Waals surface area contributed by atoms with Crippen LogP contribution in [0, 0.1) is 28.5 Å². The first-order valence-corrected chi connectivity index (χ1v) is 11.5. The van der Waals surface area contributed by atoms with Crippen molar-refractivity contribution in [2.45, 2.75) is 17.2 Å². The molecule has 0 saturated heterocycles. The smallest absolute Gasteiger partial charge is 0.239 e. The Morgan fingerprint density at radius 1 is 1.21 bits per heavy atom. The van der Waals surface area contributed by atoms with Gasteiger partial charge in [-0.15, -0.1) is 11.3 Å². The van der Waals surface area contributed by atoms with Gasteiger partial charge in [0.05, 0.1) is 28.3 Å². The fraction of sp³-hybridized carbons (Fsp3) is 0.0870. The van der Waals surface area contributed by atoms with Crippen molar-refractivity contribution in [3.8, 4) is 34.7 Å². The summed E-state index contributed by atoms with van der Waals surface area (Å²) in [7, 11) is 0. The van der Waals surface area contributed by atoms with E-state index >= 15 is 0 Å². The quantitative estimate of drug-likeness (QED) is 0.358. The highest BCUT2D eigenvalue weighted by atomic mass is 32.2. The molecule has 0 radical (unpaired) electrons. The Labute approximate surface area is 201 Å². The van der Waals surface area contributed by atoms with Gasteiger partial charge in [0.1, 0.15) is 40.1 Å². The first kappa shape index (κ1) is 23.0. The van der Waals surface area contributed by atoms with Crippen molar-refractivity contribution < 1.29 is 13.6 Å². The number of hydrogen-bond donors (Lipinski definition) is 2. The summed E-state index contributed by atoms with van der Waals surface area (Å²) in [5.74, 6) is -0.468. The Morgan fingerprint density at radius 3 is 2.59 bits per heavy atom. The number of nitrogen functional groups attached to an aromatic ring is 1. The van der Waals surface area contributed by atoms with Crippen LogP contribution in [0.2, 0.25) is 0 Å². The second-order valence-electron chi connectivity index (χ2n) is 6.92. The van der Waals surface area contributed by atoms with E-state index in [9.17, 15) is 19.7 Å². The molecule has 3 N–H and O–H groups in total. The summed E-state index contributed by atoms with van der Waals surface area (Å²) < 4.78 is 18.5. The lowest BCUT2D eigenvalue weighted by molar-refractivity contribution is -0.115. The van der Waals surface area contributed by atoms with Gasteiger partial charge in [0, 0.05) is 10.9 Å². The van der Waals surface area contributed by atoms with Crippen molar-refractivity contribution >= 4 is 40.0 Å². The zero-order valence-electron chi connectivity index (χ0n) is 17.6. The first-order chi connectivity index (χ1) is 16.4. The highest BCUT2D eigenvalue weighted by Gasteiger charge is 2.25. The minimum atomic E-state index is -0.672. The van der Waals surface area contributed by atoms with Gasteiger partial charge in [-0.3, -0.25) is 4.79 Å². The molecule has 168 valence electrons. The number of hydrogen-bond acceptors (Lipinski definition) is 9. The number of anilines is 2.